The average Bonchev–Trinajstić information content (AvgIpc) is 3.04. The van der Waals surface area contributed by atoms with Crippen molar-refractivity contribution in [2.24, 2.45) is 0 Å². The first-order valence-corrected chi connectivity index (χ1v) is 8.58. The molecule has 0 bridgehead atoms. The van der Waals surface area contributed by atoms with Gasteiger partial charge in [0, 0.05) is 12.1 Å². The first-order valence-electron chi connectivity index (χ1n) is 8.58. The fourth-order valence-corrected chi connectivity index (χ4v) is 2.70. The quantitative estimate of drug-likeness (QED) is 0.603. The summed E-state index contributed by atoms with van der Waals surface area (Å²) < 4.78 is 58.8. The third-order valence-electron chi connectivity index (χ3n) is 4.05. The van der Waals surface area contributed by atoms with E-state index in [-0.39, 0.29) is 22.9 Å². The minimum atomic E-state index is -4.79. The number of benzene rings is 2. The number of hydrogen-bond donors (Lipinski definition) is 1. The third kappa shape index (κ3) is 5.34. The summed E-state index contributed by atoms with van der Waals surface area (Å²) >= 11 is 0. The van der Waals surface area contributed by atoms with Gasteiger partial charge in [0.25, 0.3) is 5.91 Å². The first kappa shape index (κ1) is 20.4. The molecule has 3 rings (SSSR count). The van der Waals surface area contributed by atoms with Crippen LogP contribution in [0.4, 0.5) is 17.6 Å². The lowest BCUT2D eigenvalue weighted by Crippen LogP contribution is -2.26. The summed E-state index contributed by atoms with van der Waals surface area (Å²) in [6.07, 6.45) is -4.30. The van der Waals surface area contributed by atoms with Crippen LogP contribution in [0.3, 0.4) is 0 Å². The van der Waals surface area contributed by atoms with Crippen LogP contribution >= 0.6 is 0 Å². The van der Waals surface area contributed by atoms with Crippen LogP contribution in [-0.4, -0.2) is 24.0 Å². The fraction of sp³-hybridized carbons (Fsp3) is 0.200. The molecule has 29 heavy (non-hydrogen) atoms. The molecule has 152 valence electrons. The van der Waals surface area contributed by atoms with Gasteiger partial charge in [-0.25, -0.2) is 4.39 Å². The standard InChI is InChI=1S/C20H16F4N2O3/c1-12-17(19(27)25-11-10-13-2-6-15(21)7-3-13)18(29-26-12)14-4-8-16(9-5-14)28-20(22,23)24/h2-9H,10-11H2,1H3,(H,25,27). The first-order chi connectivity index (χ1) is 13.7. The highest BCUT2D eigenvalue weighted by molar-refractivity contribution is 6.00. The minimum Gasteiger partial charge on any atom is -0.406 e. The predicted molar refractivity (Wildman–Crippen MR) is 95.8 cm³/mol. The Hall–Kier alpha value is -3.36. The molecule has 2 aromatic carbocycles. The highest BCUT2D eigenvalue weighted by atomic mass is 19.4. The number of carbonyl (C=O) groups excluding carboxylic acids is 1. The molecule has 0 aliphatic rings. The molecule has 1 heterocycles. The molecule has 0 saturated heterocycles. The molecular formula is C20H16F4N2O3. The molecule has 1 amide bonds. The zero-order valence-electron chi connectivity index (χ0n) is 15.2. The van der Waals surface area contributed by atoms with Gasteiger partial charge in [-0.05, 0) is 55.3 Å². The zero-order valence-corrected chi connectivity index (χ0v) is 15.2. The van der Waals surface area contributed by atoms with Crippen LogP contribution in [0.1, 0.15) is 21.6 Å². The largest absolute Gasteiger partial charge is 0.573 e. The van der Waals surface area contributed by atoms with E-state index in [0.29, 0.717) is 24.2 Å². The van der Waals surface area contributed by atoms with E-state index in [1.165, 1.54) is 24.3 Å². The van der Waals surface area contributed by atoms with E-state index in [4.69, 9.17) is 4.52 Å². The molecule has 0 atom stereocenters. The SMILES string of the molecule is Cc1noc(-c2ccc(OC(F)(F)F)cc2)c1C(=O)NCCc1ccc(F)cc1. The summed E-state index contributed by atoms with van der Waals surface area (Å²) in [5.74, 6) is -1.02. The van der Waals surface area contributed by atoms with E-state index in [9.17, 15) is 22.4 Å². The lowest BCUT2D eigenvalue weighted by molar-refractivity contribution is -0.274. The van der Waals surface area contributed by atoms with Gasteiger partial charge >= 0.3 is 6.36 Å². The van der Waals surface area contributed by atoms with Gasteiger partial charge in [0.1, 0.15) is 17.1 Å². The molecule has 3 aromatic rings. The van der Waals surface area contributed by atoms with Crippen LogP contribution in [-0.2, 0) is 6.42 Å². The van der Waals surface area contributed by atoms with Crippen molar-refractivity contribution in [3.63, 3.8) is 0 Å². The molecular weight excluding hydrogens is 392 g/mol. The van der Waals surface area contributed by atoms with E-state index in [1.807, 2.05) is 0 Å². The Morgan fingerprint density at radius 1 is 1.10 bits per heavy atom. The van der Waals surface area contributed by atoms with Crippen LogP contribution in [0.25, 0.3) is 11.3 Å². The summed E-state index contributed by atoms with van der Waals surface area (Å²) in [5, 5.41) is 6.52. The van der Waals surface area contributed by atoms with Crippen molar-refractivity contribution in [1.82, 2.24) is 10.5 Å². The van der Waals surface area contributed by atoms with Crippen LogP contribution < -0.4 is 10.1 Å². The van der Waals surface area contributed by atoms with Crippen LogP contribution in [0, 0.1) is 12.7 Å². The van der Waals surface area contributed by atoms with Gasteiger partial charge in [0.15, 0.2) is 5.76 Å². The van der Waals surface area contributed by atoms with Gasteiger partial charge in [0.2, 0.25) is 0 Å². The molecule has 9 heteroatoms. The molecule has 0 radical (unpaired) electrons. The van der Waals surface area contributed by atoms with Gasteiger partial charge in [0.05, 0.1) is 5.69 Å². The van der Waals surface area contributed by atoms with Gasteiger partial charge in [-0.3, -0.25) is 4.79 Å². The van der Waals surface area contributed by atoms with Crippen molar-refractivity contribution in [2.45, 2.75) is 19.7 Å². The summed E-state index contributed by atoms with van der Waals surface area (Å²) in [6.45, 7) is 1.88. The number of nitrogens with zero attached hydrogens (tertiary/aromatic N) is 1. The van der Waals surface area contributed by atoms with E-state index in [0.717, 1.165) is 17.7 Å². The zero-order chi connectivity index (χ0) is 21.0. The number of alkyl halides is 3. The average molecular weight is 408 g/mol. The Morgan fingerprint density at radius 2 is 1.76 bits per heavy atom. The summed E-state index contributed by atoms with van der Waals surface area (Å²) in [4.78, 5) is 12.6. The number of aryl methyl sites for hydroxylation is 1. The van der Waals surface area contributed by atoms with Crippen molar-refractivity contribution in [3.8, 4) is 17.1 Å². The van der Waals surface area contributed by atoms with Crippen molar-refractivity contribution in [1.29, 1.82) is 0 Å². The second-order valence-corrected chi connectivity index (χ2v) is 6.18. The topological polar surface area (TPSA) is 64.4 Å². The Kier molecular flexibility index (Phi) is 5.86. The van der Waals surface area contributed by atoms with Gasteiger partial charge in [-0.2, -0.15) is 0 Å². The highest BCUT2D eigenvalue weighted by Crippen LogP contribution is 2.29. The Labute approximate surface area is 163 Å². The third-order valence-corrected chi connectivity index (χ3v) is 4.05. The van der Waals surface area contributed by atoms with E-state index in [2.05, 4.69) is 15.2 Å². The van der Waals surface area contributed by atoms with E-state index < -0.39 is 12.3 Å². The Morgan fingerprint density at radius 3 is 2.38 bits per heavy atom. The Balaban J connectivity index is 1.70. The number of carbonyl (C=O) groups is 1. The van der Waals surface area contributed by atoms with Gasteiger partial charge in [-0.15, -0.1) is 13.2 Å². The summed E-state index contributed by atoms with van der Waals surface area (Å²) in [5.41, 5.74) is 1.77. The van der Waals surface area contributed by atoms with Crippen molar-refractivity contribution in [3.05, 3.63) is 71.2 Å². The smallest absolute Gasteiger partial charge is 0.406 e. The maximum atomic E-state index is 12.9. The lowest BCUT2D eigenvalue weighted by atomic mass is 10.1. The maximum Gasteiger partial charge on any atom is 0.573 e. The summed E-state index contributed by atoms with van der Waals surface area (Å²) in [6, 6.07) is 10.9. The number of ether oxygens (including phenoxy) is 1. The van der Waals surface area contributed by atoms with E-state index in [1.54, 1.807) is 19.1 Å². The number of nitrogens with one attached hydrogen (secondary N) is 1. The molecule has 0 aliphatic carbocycles. The van der Waals surface area contributed by atoms with Crippen LogP contribution in [0.15, 0.2) is 53.1 Å². The van der Waals surface area contributed by atoms with Crippen molar-refractivity contribution >= 4 is 5.91 Å². The summed E-state index contributed by atoms with van der Waals surface area (Å²) in [7, 11) is 0. The molecule has 1 aromatic heterocycles. The maximum absolute atomic E-state index is 12.9. The predicted octanol–water partition coefficient (Wildman–Crippen LogP) is 4.66. The van der Waals surface area contributed by atoms with E-state index >= 15 is 0 Å². The number of aromatic nitrogens is 1. The van der Waals surface area contributed by atoms with Gasteiger partial charge < -0.3 is 14.6 Å². The van der Waals surface area contributed by atoms with Crippen molar-refractivity contribution < 1.29 is 31.6 Å². The molecule has 0 saturated carbocycles. The fourth-order valence-electron chi connectivity index (χ4n) is 2.70. The molecule has 0 unspecified atom stereocenters. The Bertz CT molecular complexity index is 980. The highest BCUT2D eigenvalue weighted by Gasteiger charge is 2.31. The van der Waals surface area contributed by atoms with Gasteiger partial charge in [-0.1, -0.05) is 17.3 Å². The lowest BCUT2D eigenvalue weighted by Gasteiger charge is -2.09. The number of amides is 1. The van der Waals surface area contributed by atoms with Crippen LogP contribution in [0.2, 0.25) is 0 Å². The normalized spacial score (nSPS) is 11.3. The van der Waals surface area contributed by atoms with Crippen LogP contribution in [0.5, 0.6) is 5.75 Å². The molecule has 5 nitrogen and oxygen atoms in total. The minimum absolute atomic E-state index is 0.139. The number of hydrogen-bond acceptors (Lipinski definition) is 4. The monoisotopic (exact) mass is 408 g/mol. The second kappa shape index (κ2) is 8.34. The second-order valence-electron chi connectivity index (χ2n) is 6.18. The molecule has 0 aliphatic heterocycles. The van der Waals surface area contributed by atoms with Crippen molar-refractivity contribution in [2.75, 3.05) is 6.54 Å². The number of rotatable bonds is 6. The molecule has 0 fully saturated rings. The molecule has 1 N–H and O–H groups in total. The number of halogens is 4. The molecule has 0 spiro atoms.